The first-order valence-corrected chi connectivity index (χ1v) is 10.3. The minimum absolute atomic E-state index is 0.170. The van der Waals surface area contributed by atoms with Crippen LogP contribution in [-0.2, 0) is 4.74 Å². The molecule has 1 aliphatic rings. The molecule has 0 aliphatic carbocycles. The second-order valence-corrected chi connectivity index (χ2v) is 8.24. The molecule has 0 radical (unpaired) electrons. The van der Waals surface area contributed by atoms with Crippen molar-refractivity contribution >= 4 is 23.6 Å². The summed E-state index contributed by atoms with van der Waals surface area (Å²) < 4.78 is 10.7. The summed E-state index contributed by atoms with van der Waals surface area (Å²) >= 11 is 6.08. The lowest BCUT2D eigenvalue weighted by molar-refractivity contribution is 0.0144. The smallest absolute Gasteiger partial charge is 0.410 e. The molecule has 0 unspecified atom stereocenters. The molecular weight excluding hydrogens is 396 g/mol. The van der Waals surface area contributed by atoms with E-state index in [4.69, 9.17) is 21.1 Å². The number of piperazine rings is 1. The van der Waals surface area contributed by atoms with Crippen molar-refractivity contribution in [3.05, 3.63) is 22.8 Å². The molecule has 0 bridgehead atoms. The van der Waals surface area contributed by atoms with Gasteiger partial charge in [-0.15, -0.1) is 0 Å². The second kappa shape index (κ2) is 10.6. The summed E-state index contributed by atoms with van der Waals surface area (Å²) in [6.45, 7) is 12.1. The van der Waals surface area contributed by atoms with Gasteiger partial charge in [0, 0.05) is 38.8 Å². The van der Waals surface area contributed by atoms with Gasteiger partial charge in [-0.1, -0.05) is 11.6 Å². The van der Waals surface area contributed by atoms with Gasteiger partial charge in [-0.05, 0) is 46.7 Å². The third-order valence-corrected chi connectivity index (χ3v) is 4.59. The normalized spacial score (nSPS) is 15.1. The van der Waals surface area contributed by atoms with E-state index in [1.165, 1.54) is 0 Å². The predicted octanol–water partition coefficient (Wildman–Crippen LogP) is 2.81. The third-order valence-electron chi connectivity index (χ3n) is 4.29. The van der Waals surface area contributed by atoms with Gasteiger partial charge in [0.15, 0.2) is 5.69 Å². The number of amides is 2. The largest absolute Gasteiger partial charge is 0.478 e. The summed E-state index contributed by atoms with van der Waals surface area (Å²) in [6.07, 6.45) is 0.532. The number of nitrogens with zero attached hydrogens (tertiary/aromatic N) is 3. The zero-order valence-corrected chi connectivity index (χ0v) is 18.4. The molecule has 8 nitrogen and oxygen atoms in total. The molecule has 29 heavy (non-hydrogen) atoms. The number of nitrogens with one attached hydrogen (secondary N) is 1. The molecule has 1 aromatic heterocycles. The first-order valence-electron chi connectivity index (χ1n) is 9.97. The molecule has 2 amide bonds. The van der Waals surface area contributed by atoms with E-state index in [1.807, 2.05) is 27.7 Å². The number of ether oxygens (including phenoxy) is 2. The lowest BCUT2D eigenvalue weighted by Crippen LogP contribution is -2.50. The average molecular weight is 427 g/mol. The van der Waals surface area contributed by atoms with Crippen LogP contribution in [0.5, 0.6) is 5.88 Å². The molecule has 0 aromatic carbocycles. The Morgan fingerprint density at radius 3 is 2.52 bits per heavy atom. The zero-order chi connectivity index (χ0) is 21.4. The number of hydrogen-bond donors (Lipinski definition) is 1. The van der Waals surface area contributed by atoms with Crippen molar-refractivity contribution < 1.29 is 19.1 Å². The van der Waals surface area contributed by atoms with Gasteiger partial charge in [0.05, 0.1) is 11.6 Å². The SMILES string of the molecule is CCOc1ccc(Cl)c(C(=O)NCCCN2CCN(C(=O)OC(C)(C)C)CC2)n1. The van der Waals surface area contributed by atoms with Gasteiger partial charge in [0.2, 0.25) is 5.88 Å². The summed E-state index contributed by atoms with van der Waals surface area (Å²) in [7, 11) is 0. The van der Waals surface area contributed by atoms with Gasteiger partial charge >= 0.3 is 6.09 Å². The van der Waals surface area contributed by atoms with E-state index < -0.39 is 5.60 Å². The third kappa shape index (κ3) is 7.70. The fraction of sp³-hybridized carbons (Fsp3) is 0.650. The van der Waals surface area contributed by atoms with Crippen molar-refractivity contribution in [3.63, 3.8) is 0 Å². The van der Waals surface area contributed by atoms with Gasteiger partial charge in [0.1, 0.15) is 5.60 Å². The Hall–Kier alpha value is -2.06. The molecule has 1 aliphatic heterocycles. The van der Waals surface area contributed by atoms with Crippen LogP contribution >= 0.6 is 11.6 Å². The molecule has 0 atom stereocenters. The van der Waals surface area contributed by atoms with Crippen molar-refractivity contribution in [1.82, 2.24) is 20.1 Å². The molecular formula is C20H31ClN4O4. The summed E-state index contributed by atoms with van der Waals surface area (Å²) in [5.74, 6) is 0.0659. The lowest BCUT2D eigenvalue weighted by atomic mass is 10.2. The van der Waals surface area contributed by atoms with Crippen LogP contribution < -0.4 is 10.1 Å². The van der Waals surface area contributed by atoms with Crippen molar-refractivity contribution in [2.24, 2.45) is 0 Å². The van der Waals surface area contributed by atoms with E-state index in [1.54, 1.807) is 17.0 Å². The number of pyridine rings is 1. The summed E-state index contributed by atoms with van der Waals surface area (Å²) in [6, 6.07) is 3.25. The molecule has 1 fully saturated rings. The van der Waals surface area contributed by atoms with E-state index in [0.29, 0.717) is 37.1 Å². The maximum atomic E-state index is 12.3. The molecule has 0 saturated carbocycles. The highest BCUT2D eigenvalue weighted by Crippen LogP contribution is 2.18. The monoisotopic (exact) mass is 426 g/mol. The van der Waals surface area contributed by atoms with E-state index in [2.05, 4.69) is 15.2 Å². The van der Waals surface area contributed by atoms with Crippen LogP contribution in [0.2, 0.25) is 5.02 Å². The number of halogens is 1. The van der Waals surface area contributed by atoms with Crippen LogP contribution in [0.1, 0.15) is 44.6 Å². The van der Waals surface area contributed by atoms with Crippen LogP contribution in [0.4, 0.5) is 4.79 Å². The Labute approximate surface area is 177 Å². The fourth-order valence-electron chi connectivity index (χ4n) is 2.88. The molecule has 1 aromatic rings. The molecule has 2 rings (SSSR count). The zero-order valence-electron chi connectivity index (χ0n) is 17.7. The predicted molar refractivity (Wildman–Crippen MR) is 112 cm³/mol. The first-order chi connectivity index (χ1) is 13.7. The standard InChI is InChI=1S/C20H31ClN4O4/c1-5-28-16-8-7-15(21)17(23-16)18(26)22-9-6-10-24-11-13-25(14-12-24)19(27)29-20(2,3)4/h7-8H,5-6,9-14H2,1-4H3,(H,22,26). The second-order valence-electron chi connectivity index (χ2n) is 7.83. The van der Waals surface area contributed by atoms with Crippen LogP contribution in [0.25, 0.3) is 0 Å². The van der Waals surface area contributed by atoms with Gasteiger partial charge in [0.25, 0.3) is 5.91 Å². The quantitative estimate of drug-likeness (QED) is 0.675. The maximum absolute atomic E-state index is 12.3. The Balaban J connectivity index is 1.69. The molecule has 162 valence electrons. The topological polar surface area (TPSA) is 84.0 Å². The van der Waals surface area contributed by atoms with E-state index in [-0.39, 0.29) is 17.7 Å². The number of carbonyl (C=O) groups is 2. The van der Waals surface area contributed by atoms with Crippen LogP contribution in [0.3, 0.4) is 0 Å². The number of hydrogen-bond acceptors (Lipinski definition) is 6. The highest BCUT2D eigenvalue weighted by Gasteiger charge is 2.25. The van der Waals surface area contributed by atoms with Gasteiger partial charge in [-0.3, -0.25) is 9.69 Å². The Bertz CT molecular complexity index is 700. The maximum Gasteiger partial charge on any atom is 0.410 e. The fourth-order valence-corrected chi connectivity index (χ4v) is 3.07. The molecule has 2 heterocycles. The average Bonchev–Trinajstić information content (AvgIpc) is 2.66. The summed E-state index contributed by atoms with van der Waals surface area (Å²) in [4.78, 5) is 32.6. The molecule has 1 N–H and O–H groups in total. The van der Waals surface area contributed by atoms with Crippen molar-refractivity contribution in [2.75, 3.05) is 45.9 Å². The lowest BCUT2D eigenvalue weighted by Gasteiger charge is -2.35. The van der Waals surface area contributed by atoms with E-state index in [0.717, 1.165) is 26.1 Å². The van der Waals surface area contributed by atoms with Crippen molar-refractivity contribution in [1.29, 1.82) is 0 Å². The van der Waals surface area contributed by atoms with Crippen LogP contribution in [0, 0.1) is 0 Å². The van der Waals surface area contributed by atoms with Crippen LogP contribution in [-0.4, -0.2) is 78.3 Å². The minimum Gasteiger partial charge on any atom is -0.478 e. The van der Waals surface area contributed by atoms with Gasteiger partial charge < -0.3 is 19.7 Å². The van der Waals surface area contributed by atoms with Crippen molar-refractivity contribution in [2.45, 2.75) is 39.7 Å². The minimum atomic E-state index is -0.480. The van der Waals surface area contributed by atoms with E-state index >= 15 is 0 Å². The van der Waals surface area contributed by atoms with Gasteiger partial charge in [-0.25, -0.2) is 9.78 Å². The number of carbonyl (C=O) groups excluding carboxylic acids is 2. The number of aromatic nitrogens is 1. The number of rotatable bonds is 7. The van der Waals surface area contributed by atoms with E-state index in [9.17, 15) is 9.59 Å². The summed E-state index contributed by atoms with van der Waals surface area (Å²) in [5, 5.41) is 3.14. The highest BCUT2D eigenvalue weighted by atomic mass is 35.5. The Kier molecular flexibility index (Phi) is 8.52. The Morgan fingerprint density at radius 1 is 1.21 bits per heavy atom. The molecule has 0 spiro atoms. The first kappa shape index (κ1) is 23.2. The molecule has 9 heteroatoms. The van der Waals surface area contributed by atoms with Gasteiger partial charge in [-0.2, -0.15) is 0 Å². The van der Waals surface area contributed by atoms with Crippen molar-refractivity contribution in [3.8, 4) is 5.88 Å². The summed E-state index contributed by atoms with van der Waals surface area (Å²) in [5.41, 5.74) is -0.310. The highest BCUT2D eigenvalue weighted by molar-refractivity contribution is 6.33. The Morgan fingerprint density at radius 2 is 1.90 bits per heavy atom. The molecule has 1 saturated heterocycles. The van der Waals surface area contributed by atoms with Crippen LogP contribution in [0.15, 0.2) is 12.1 Å².